The summed E-state index contributed by atoms with van der Waals surface area (Å²) in [5, 5.41) is 0. The third-order valence-corrected chi connectivity index (χ3v) is 5.74. The second-order valence-corrected chi connectivity index (χ2v) is 6.37. The van der Waals surface area contributed by atoms with Gasteiger partial charge in [0, 0.05) is 24.5 Å². The Kier molecular flexibility index (Phi) is 2.53. The first kappa shape index (κ1) is 10.7. The molecule has 0 amide bonds. The number of ether oxygens (including phenoxy) is 1. The van der Waals surface area contributed by atoms with Gasteiger partial charge >= 0.3 is 0 Å². The molecule has 0 radical (unpaired) electrons. The van der Waals surface area contributed by atoms with Crippen molar-refractivity contribution in [1.29, 1.82) is 0 Å². The van der Waals surface area contributed by atoms with Gasteiger partial charge in [0.15, 0.2) is 0 Å². The van der Waals surface area contributed by atoms with Crippen molar-refractivity contribution in [2.75, 3.05) is 19.7 Å². The predicted molar refractivity (Wildman–Crippen MR) is 65.7 cm³/mol. The molecular weight excluding hydrogens is 228 g/mol. The maximum absolute atomic E-state index is 6.40. The summed E-state index contributed by atoms with van der Waals surface area (Å²) in [5.74, 6) is 0. The van der Waals surface area contributed by atoms with Gasteiger partial charge in [-0.1, -0.05) is 11.7 Å². The van der Waals surface area contributed by atoms with E-state index in [1.165, 1.54) is 25.7 Å². The first-order chi connectivity index (χ1) is 7.21. The van der Waals surface area contributed by atoms with Crippen molar-refractivity contribution in [3.63, 3.8) is 0 Å². The molecule has 3 fully saturated rings. The van der Waals surface area contributed by atoms with Crippen molar-refractivity contribution in [3.05, 3.63) is 0 Å². The Labute approximate surface area is 100 Å². The van der Waals surface area contributed by atoms with E-state index in [0.29, 0.717) is 0 Å². The number of hydrogen-bond acceptors (Lipinski definition) is 5. The molecule has 0 unspecified atom stereocenters. The molecule has 0 bridgehead atoms. The van der Waals surface area contributed by atoms with E-state index in [-0.39, 0.29) is 17.1 Å². The van der Waals surface area contributed by atoms with Crippen molar-refractivity contribution in [2.24, 2.45) is 11.1 Å². The number of nitrogens with zero attached hydrogens (tertiary/aromatic N) is 1. The quantitative estimate of drug-likeness (QED) is 0.417. The van der Waals surface area contributed by atoms with Crippen LogP contribution >= 0.6 is 22.6 Å². The lowest BCUT2D eigenvalue weighted by atomic mass is 9.73. The summed E-state index contributed by atoms with van der Waals surface area (Å²) in [6.45, 7) is 3.09. The monoisotopic (exact) mass is 246 g/mol. The zero-order chi connectivity index (χ0) is 10.5. The van der Waals surface area contributed by atoms with Crippen LogP contribution in [-0.2, 0) is 4.74 Å². The summed E-state index contributed by atoms with van der Waals surface area (Å²) < 4.78 is 8.26. The van der Waals surface area contributed by atoms with Crippen LogP contribution in [0.4, 0.5) is 0 Å². The molecule has 86 valence electrons. The SMILES string of the molecule is N[C@H]1C2(CCN(SS)CC2)COC12CC2. The van der Waals surface area contributed by atoms with Crippen molar-refractivity contribution in [3.8, 4) is 0 Å². The second-order valence-electron chi connectivity index (χ2n) is 5.20. The van der Waals surface area contributed by atoms with Gasteiger partial charge in [-0.15, -0.1) is 0 Å². The summed E-state index contributed by atoms with van der Waals surface area (Å²) in [6, 6.07) is 0.275. The maximum atomic E-state index is 6.40. The lowest BCUT2D eigenvalue weighted by molar-refractivity contribution is 0.0675. The van der Waals surface area contributed by atoms with Crippen LogP contribution in [-0.4, -0.2) is 35.6 Å². The van der Waals surface area contributed by atoms with Gasteiger partial charge in [-0.2, -0.15) is 0 Å². The minimum Gasteiger partial charge on any atom is -0.373 e. The maximum Gasteiger partial charge on any atom is 0.0841 e. The van der Waals surface area contributed by atoms with Gasteiger partial charge < -0.3 is 10.5 Å². The molecule has 5 heteroatoms. The largest absolute Gasteiger partial charge is 0.373 e. The van der Waals surface area contributed by atoms with Gasteiger partial charge in [0.25, 0.3) is 0 Å². The molecule has 1 aliphatic carbocycles. The van der Waals surface area contributed by atoms with Gasteiger partial charge in [0.1, 0.15) is 0 Å². The molecular formula is C10H18N2OS2. The lowest BCUT2D eigenvalue weighted by Gasteiger charge is -2.40. The van der Waals surface area contributed by atoms with Crippen LogP contribution in [0, 0.1) is 5.41 Å². The Morgan fingerprint density at radius 2 is 1.93 bits per heavy atom. The van der Waals surface area contributed by atoms with Crippen molar-refractivity contribution >= 4 is 22.6 Å². The normalized spacial score (nSPS) is 37.6. The molecule has 3 rings (SSSR count). The van der Waals surface area contributed by atoms with Crippen molar-refractivity contribution in [1.82, 2.24) is 4.31 Å². The Balaban J connectivity index is 1.71. The Morgan fingerprint density at radius 3 is 2.40 bits per heavy atom. The number of hydrogen-bond donors (Lipinski definition) is 2. The standard InChI is InChI=1S/C10H18N2OS2/c11-8-9(7-13-10(8)1-2-10)3-5-12(15-14)6-4-9/h8,14H,1-7,11H2/t8-/m0/s1. The van der Waals surface area contributed by atoms with Crippen molar-refractivity contribution in [2.45, 2.75) is 37.3 Å². The second kappa shape index (κ2) is 3.53. The highest BCUT2D eigenvalue weighted by atomic mass is 33.1. The van der Waals surface area contributed by atoms with Crippen LogP contribution in [0.25, 0.3) is 0 Å². The minimum absolute atomic E-state index is 0.0935. The fourth-order valence-electron chi connectivity index (χ4n) is 3.07. The lowest BCUT2D eigenvalue weighted by Crippen LogP contribution is -2.50. The van der Waals surface area contributed by atoms with Gasteiger partial charge in [-0.3, -0.25) is 0 Å². The molecule has 3 aliphatic rings. The molecule has 0 aromatic heterocycles. The molecule has 0 aromatic carbocycles. The zero-order valence-electron chi connectivity index (χ0n) is 8.82. The average Bonchev–Trinajstić information content (AvgIpc) is 3.02. The third-order valence-electron chi connectivity index (χ3n) is 4.45. The number of thiol groups is 1. The molecule has 1 saturated carbocycles. The molecule has 2 N–H and O–H groups in total. The van der Waals surface area contributed by atoms with E-state index >= 15 is 0 Å². The topological polar surface area (TPSA) is 38.5 Å². The predicted octanol–water partition coefficient (Wildman–Crippen LogP) is 1.45. The van der Waals surface area contributed by atoms with Crippen LogP contribution in [0.2, 0.25) is 0 Å². The van der Waals surface area contributed by atoms with Gasteiger partial charge in [0.2, 0.25) is 0 Å². The fraction of sp³-hybridized carbons (Fsp3) is 1.00. The Morgan fingerprint density at radius 1 is 1.27 bits per heavy atom. The summed E-state index contributed by atoms with van der Waals surface area (Å²) in [6.07, 6.45) is 4.70. The van der Waals surface area contributed by atoms with Crippen LogP contribution in [0.3, 0.4) is 0 Å². The van der Waals surface area contributed by atoms with E-state index in [1.54, 1.807) is 11.0 Å². The molecule has 1 atom stereocenters. The molecule has 2 heterocycles. The summed E-state index contributed by atoms with van der Waals surface area (Å²) >= 11 is 4.24. The highest BCUT2D eigenvalue weighted by Gasteiger charge is 2.62. The Hall–Kier alpha value is 0.580. The molecule has 3 nitrogen and oxygen atoms in total. The van der Waals surface area contributed by atoms with Crippen LogP contribution in [0.5, 0.6) is 0 Å². The van der Waals surface area contributed by atoms with E-state index in [9.17, 15) is 0 Å². The number of rotatable bonds is 1. The number of nitrogens with two attached hydrogens (primary N) is 1. The smallest absolute Gasteiger partial charge is 0.0841 e. The van der Waals surface area contributed by atoms with Crippen LogP contribution in [0.1, 0.15) is 25.7 Å². The van der Waals surface area contributed by atoms with Crippen molar-refractivity contribution < 1.29 is 4.74 Å². The minimum atomic E-state index is 0.0935. The third kappa shape index (κ3) is 1.55. The van der Waals surface area contributed by atoms with Gasteiger partial charge in [-0.25, -0.2) is 4.31 Å². The molecule has 2 saturated heterocycles. The molecule has 0 aromatic rings. The highest BCUT2D eigenvalue weighted by Crippen LogP contribution is 2.56. The summed E-state index contributed by atoms with van der Waals surface area (Å²) in [4.78, 5) is 0. The molecule has 2 spiro atoms. The fourth-order valence-corrected chi connectivity index (χ4v) is 3.91. The van der Waals surface area contributed by atoms with E-state index in [1.807, 2.05) is 0 Å². The Bertz CT molecular complexity index is 262. The number of piperidine rings is 1. The summed E-state index contributed by atoms with van der Waals surface area (Å²) in [7, 11) is 1.55. The molecule has 15 heavy (non-hydrogen) atoms. The van der Waals surface area contributed by atoms with E-state index < -0.39 is 0 Å². The van der Waals surface area contributed by atoms with Gasteiger partial charge in [0.05, 0.1) is 12.2 Å². The van der Waals surface area contributed by atoms with Gasteiger partial charge in [-0.05, 0) is 36.7 Å². The first-order valence-electron chi connectivity index (χ1n) is 5.67. The van der Waals surface area contributed by atoms with Crippen LogP contribution < -0.4 is 5.73 Å². The van der Waals surface area contributed by atoms with Crippen LogP contribution in [0.15, 0.2) is 0 Å². The molecule has 2 aliphatic heterocycles. The average molecular weight is 246 g/mol. The zero-order valence-corrected chi connectivity index (χ0v) is 10.5. The summed E-state index contributed by atoms with van der Waals surface area (Å²) in [5.41, 5.74) is 6.77. The van der Waals surface area contributed by atoms with E-state index in [2.05, 4.69) is 16.0 Å². The highest BCUT2D eigenvalue weighted by molar-refractivity contribution is 8.67. The van der Waals surface area contributed by atoms with E-state index in [4.69, 9.17) is 10.5 Å². The van der Waals surface area contributed by atoms with E-state index in [0.717, 1.165) is 19.7 Å². The first-order valence-corrected chi connectivity index (χ1v) is 7.49.